The molecule has 4 nitrogen and oxygen atoms in total. The number of nitrogens with two attached hydrogens (primary N) is 1. The molecule has 0 saturated carbocycles. The summed E-state index contributed by atoms with van der Waals surface area (Å²) in [5.41, 5.74) is 8.00. The van der Waals surface area contributed by atoms with Crippen LogP contribution in [0.3, 0.4) is 0 Å². The number of carbonyl (C=O) groups excluding carboxylic acids is 1. The van der Waals surface area contributed by atoms with Crippen molar-refractivity contribution in [2.24, 2.45) is 11.7 Å². The Morgan fingerprint density at radius 2 is 1.86 bits per heavy atom. The average Bonchev–Trinajstić information content (AvgIpc) is 2.52. The Labute approximate surface area is 128 Å². The lowest BCUT2D eigenvalue weighted by molar-refractivity contribution is -0.118. The van der Waals surface area contributed by atoms with Gasteiger partial charge in [-0.2, -0.15) is 0 Å². The van der Waals surface area contributed by atoms with Gasteiger partial charge in [0.2, 0.25) is 5.91 Å². The molecule has 0 aliphatic heterocycles. The Morgan fingerprint density at radius 3 is 2.43 bits per heavy atom. The van der Waals surface area contributed by atoms with Crippen LogP contribution in [-0.4, -0.2) is 29.9 Å². The standard InChI is InChI=1S/C17H29N3O/c1-5-13(4)16(18)17(21)19-15-11-9-8-10-14(15)12-20(6-2)7-3/h8-11,13,16H,5-7,12,18H2,1-4H3,(H,19,21)/t13?,16-/m0/s1. The van der Waals surface area contributed by atoms with Crippen molar-refractivity contribution in [1.29, 1.82) is 0 Å². The fourth-order valence-corrected chi connectivity index (χ4v) is 2.20. The number of benzene rings is 1. The predicted octanol–water partition coefficient (Wildman–Crippen LogP) is 2.84. The highest BCUT2D eigenvalue weighted by atomic mass is 16.2. The molecule has 0 bridgehead atoms. The Morgan fingerprint density at radius 1 is 1.24 bits per heavy atom. The van der Waals surface area contributed by atoms with E-state index < -0.39 is 6.04 Å². The zero-order valence-electron chi connectivity index (χ0n) is 13.7. The van der Waals surface area contributed by atoms with Crippen LogP contribution in [0.4, 0.5) is 5.69 Å². The summed E-state index contributed by atoms with van der Waals surface area (Å²) in [7, 11) is 0. The molecule has 1 rings (SSSR count). The van der Waals surface area contributed by atoms with E-state index >= 15 is 0 Å². The van der Waals surface area contributed by atoms with Gasteiger partial charge < -0.3 is 11.1 Å². The number of para-hydroxylation sites is 1. The third kappa shape index (κ3) is 5.14. The van der Waals surface area contributed by atoms with Gasteiger partial charge in [0.1, 0.15) is 0 Å². The molecule has 0 fully saturated rings. The maximum atomic E-state index is 12.2. The van der Waals surface area contributed by atoms with Crippen molar-refractivity contribution in [1.82, 2.24) is 4.90 Å². The zero-order chi connectivity index (χ0) is 15.8. The van der Waals surface area contributed by atoms with E-state index in [0.717, 1.165) is 37.3 Å². The fraction of sp³-hybridized carbons (Fsp3) is 0.588. The summed E-state index contributed by atoms with van der Waals surface area (Å²) >= 11 is 0. The lowest BCUT2D eigenvalue weighted by atomic mass is 9.99. The number of rotatable bonds is 8. The monoisotopic (exact) mass is 291 g/mol. The van der Waals surface area contributed by atoms with E-state index in [1.807, 2.05) is 32.0 Å². The van der Waals surface area contributed by atoms with Crippen LogP contribution in [-0.2, 0) is 11.3 Å². The Kier molecular flexibility index (Phi) is 7.40. The first-order valence-electron chi connectivity index (χ1n) is 7.90. The quantitative estimate of drug-likeness (QED) is 0.774. The highest BCUT2D eigenvalue weighted by Gasteiger charge is 2.20. The molecule has 0 radical (unpaired) electrons. The second kappa shape index (κ2) is 8.80. The summed E-state index contributed by atoms with van der Waals surface area (Å²) in [5, 5.41) is 2.99. The van der Waals surface area contributed by atoms with E-state index in [4.69, 9.17) is 5.73 Å². The molecule has 0 saturated heterocycles. The summed E-state index contributed by atoms with van der Waals surface area (Å²) in [6.45, 7) is 11.2. The Bertz CT molecular complexity index is 443. The van der Waals surface area contributed by atoms with Crippen LogP contribution in [0, 0.1) is 5.92 Å². The maximum Gasteiger partial charge on any atom is 0.241 e. The second-order valence-electron chi connectivity index (χ2n) is 5.52. The number of carbonyl (C=O) groups is 1. The van der Waals surface area contributed by atoms with Gasteiger partial charge in [-0.05, 0) is 30.6 Å². The molecule has 3 N–H and O–H groups in total. The molecule has 4 heteroatoms. The summed E-state index contributed by atoms with van der Waals surface area (Å²) < 4.78 is 0. The molecule has 2 atom stereocenters. The first-order chi connectivity index (χ1) is 10.0. The third-order valence-electron chi connectivity index (χ3n) is 4.12. The minimum Gasteiger partial charge on any atom is -0.324 e. The Balaban J connectivity index is 2.81. The first kappa shape index (κ1) is 17.7. The normalized spacial score (nSPS) is 14.0. The molecule has 118 valence electrons. The molecule has 0 aliphatic rings. The first-order valence-corrected chi connectivity index (χ1v) is 7.90. The van der Waals surface area contributed by atoms with Crippen molar-refractivity contribution in [3.63, 3.8) is 0 Å². The summed E-state index contributed by atoms with van der Waals surface area (Å²) in [4.78, 5) is 14.6. The van der Waals surface area contributed by atoms with E-state index in [2.05, 4.69) is 30.1 Å². The van der Waals surface area contributed by atoms with Crippen molar-refractivity contribution in [3.05, 3.63) is 29.8 Å². The topological polar surface area (TPSA) is 58.4 Å². The van der Waals surface area contributed by atoms with Crippen molar-refractivity contribution < 1.29 is 4.79 Å². The third-order valence-corrected chi connectivity index (χ3v) is 4.12. The van der Waals surface area contributed by atoms with Crippen LogP contribution in [0.15, 0.2) is 24.3 Å². The van der Waals surface area contributed by atoms with E-state index in [1.165, 1.54) is 0 Å². The van der Waals surface area contributed by atoms with Gasteiger partial charge in [0.25, 0.3) is 0 Å². The molecule has 21 heavy (non-hydrogen) atoms. The van der Waals surface area contributed by atoms with Gasteiger partial charge in [-0.15, -0.1) is 0 Å². The van der Waals surface area contributed by atoms with Crippen molar-refractivity contribution in [2.75, 3.05) is 18.4 Å². The van der Waals surface area contributed by atoms with E-state index in [-0.39, 0.29) is 11.8 Å². The highest BCUT2D eigenvalue weighted by molar-refractivity contribution is 5.95. The fourth-order valence-electron chi connectivity index (χ4n) is 2.20. The largest absolute Gasteiger partial charge is 0.324 e. The van der Waals surface area contributed by atoms with Crippen LogP contribution < -0.4 is 11.1 Å². The molecule has 0 heterocycles. The average molecular weight is 291 g/mol. The molecule has 1 unspecified atom stereocenters. The maximum absolute atomic E-state index is 12.2. The van der Waals surface area contributed by atoms with Crippen LogP contribution in [0.25, 0.3) is 0 Å². The summed E-state index contributed by atoms with van der Waals surface area (Å²) in [6, 6.07) is 7.48. The lowest BCUT2D eigenvalue weighted by Gasteiger charge is -2.22. The van der Waals surface area contributed by atoms with E-state index in [9.17, 15) is 4.79 Å². The molecule has 0 aliphatic carbocycles. The van der Waals surface area contributed by atoms with Crippen molar-refractivity contribution in [2.45, 2.75) is 46.7 Å². The van der Waals surface area contributed by atoms with Gasteiger partial charge in [-0.25, -0.2) is 0 Å². The molecule has 0 spiro atoms. The SMILES string of the molecule is CCC(C)[C@H](N)C(=O)Nc1ccccc1CN(CC)CC. The number of amides is 1. The second-order valence-corrected chi connectivity index (χ2v) is 5.52. The molecular weight excluding hydrogens is 262 g/mol. The molecule has 1 aromatic rings. The van der Waals surface area contributed by atoms with Gasteiger partial charge in [0.05, 0.1) is 6.04 Å². The smallest absolute Gasteiger partial charge is 0.241 e. The minimum absolute atomic E-state index is 0.101. The van der Waals surface area contributed by atoms with Crippen molar-refractivity contribution >= 4 is 11.6 Å². The van der Waals surface area contributed by atoms with Crippen LogP contribution in [0.1, 0.15) is 39.7 Å². The van der Waals surface area contributed by atoms with Crippen molar-refractivity contribution in [3.8, 4) is 0 Å². The number of hydrogen-bond acceptors (Lipinski definition) is 3. The van der Waals surface area contributed by atoms with E-state index in [0.29, 0.717) is 0 Å². The Hall–Kier alpha value is -1.39. The number of anilines is 1. The van der Waals surface area contributed by atoms with E-state index in [1.54, 1.807) is 0 Å². The van der Waals surface area contributed by atoms with Crippen LogP contribution in [0.2, 0.25) is 0 Å². The molecule has 0 aromatic heterocycles. The highest BCUT2D eigenvalue weighted by Crippen LogP contribution is 2.18. The van der Waals surface area contributed by atoms with Gasteiger partial charge in [-0.3, -0.25) is 9.69 Å². The number of nitrogens with one attached hydrogen (secondary N) is 1. The molecule has 1 amide bonds. The minimum atomic E-state index is -0.462. The zero-order valence-corrected chi connectivity index (χ0v) is 13.7. The summed E-state index contributed by atoms with van der Waals surface area (Å²) in [6.07, 6.45) is 0.898. The molecular formula is C17H29N3O. The molecule has 1 aromatic carbocycles. The van der Waals surface area contributed by atoms with Gasteiger partial charge in [0.15, 0.2) is 0 Å². The predicted molar refractivity (Wildman–Crippen MR) is 89.1 cm³/mol. The van der Waals surface area contributed by atoms with Gasteiger partial charge in [-0.1, -0.05) is 52.3 Å². The van der Waals surface area contributed by atoms with Gasteiger partial charge in [0, 0.05) is 12.2 Å². The lowest BCUT2D eigenvalue weighted by Crippen LogP contribution is -2.40. The number of nitrogens with zero attached hydrogens (tertiary/aromatic N) is 1. The number of hydrogen-bond donors (Lipinski definition) is 2. The van der Waals surface area contributed by atoms with Crippen LogP contribution in [0.5, 0.6) is 0 Å². The summed E-state index contributed by atoms with van der Waals surface area (Å²) in [5.74, 6) is 0.0799. The van der Waals surface area contributed by atoms with Crippen LogP contribution >= 0.6 is 0 Å². The van der Waals surface area contributed by atoms with Gasteiger partial charge >= 0.3 is 0 Å².